The maximum absolute atomic E-state index is 10.7. The molecule has 0 aliphatic carbocycles. The van der Waals surface area contributed by atoms with Crippen molar-refractivity contribution in [2.24, 2.45) is 4.99 Å². The van der Waals surface area contributed by atoms with Crippen molar-refractivity contribution in [1.29, 1.82) is 0 Å². The Morgan fingerprint density at radius 2 is 1.73 bits per heavy atom. The number of aliphatic carboxylic acids is 1. The number of carboxylic acid groups (broad SMARTS) is 1. The molecule has 0 fully saturated rings. The number of carbonyl (C=O) groups is 1. The number of hydrogen-bond donors (Lipinski definition) is 1. The molecule has 7 heteroatoms. The number of aryl methyl sites for hydroxylation is 2. The van der Waals surface area contributed by atoms with Gasteiger partial charge in [0.1, 0.15) is 11.5 Å². The Labute approximate surface area is 152 Å². The van der Waals surface area contributed by atoms with Crippen LogP contribution >= 0.6 is 0 Å². The third-order valence-electron chi connectivity index (χ3n) is 3.80. The summed E-state index contributed by atoms with van der Waals surface area (Å²) in [4.78, 5) is 19.5. The zero-order valence-corrected chi connectivity index (χ0v) is 15.5. The number of ether oxygens (including phenoxy) is 3. The normalized spacial score (nSPS) is 11.2. The van der Waals surface area contributed by atoms with Crippen LogP contribution in [0, 0.1) is 13.8 Å². The van der Waals surface area contributed by atoms with Crippen molar-refractivity contribution in [2.45, 2.75) is 13.8 Å². The van der Waals surface area contributed by atoms with E-state index in [1.165, 1.54) is 0 Å². The van der Waals surface area contributed by atoms with E-state index >= 15 is 0 Å². The van der Waals surface area contributed by atoms with Gasteiger partial charge in [-0.2, -0.15) is 0 Å². The van der Waals surface area contributed by atoms with Crippen LogP contribution in [0.25, 0.3) is 0 Å². The second-order valence-corrected chi connectivity index (χ2v) is 5.59. The molecule has 2 rings (SSSR count). The molecule has 7 nitrogen and oxygen atoms in total. The molecule has 0 radical (unpaired) electrons. The van der Waals surface area contributed by atoms with Gasteiger partial charge in [-0.15, -0.1) is 0 Å². The Balaban J connectivity index is 2.50. The summed E-state index contributed by atoms with van der Waals surface area (Å²) in [5, 5.41) is 8.75. The van der Waals surface area contributed by atoms with Crippen molar-refractivity contribution in [3.63, 3.8) is 0 Å². The predicted octanol–water partition coefficient (Wildman–Crippen LogP) is 2.65. The monoisotopic (exact) mass is 358 g/mol. The van der Waals surface area contributed by atoms with Crippen LogP contribution in [0.5, 0.6) is 17.4 Å². The molecule has 0 saturated carbocycles. The molecule has 1 heterocycles. The minimum atomic E-state index is -1.05. The largest absolute Gasteiger partial charge is 0.497 e. The topological polar surface area (TPSA) is 90.2 Å². The third-order valence-corrected chi connectivity index (χ3v) is 3.80. The van der Waals surface area contributed by atoms with Crippen molar-refractivity contribution in [3.05, 3.63) is 46.6 Å². The zero-order valence-electron chi connectivity index (χ0n) is 15.5. The van der Waals surface area contributed by atoms with Crippen LogP contribution < -0.4 is 14.2 Å². The third kappa shape index (κ3) is 4.30. The Kier molecular flexibility index (Phi) is 6.16. The molecule has 0 atom stereocenters. The van der Waals surface area contributed by atoms with Gasteiger partial charge in [-0.25, -0.2) is 9.78 Å². The highest BCUT2D eigenvalue weighted by molar-refractivity contribution is 6.14. The second kappa shape index (κ2) is 8.33. The number of hydrogen-bond acceptors (Lipinski definition) is 6. The van der Waals surface area contributed by atoms with Gasteiger partial charge in [0.25, 0.3) is 0 Å². The fourth-order valence-electron chi connectivity index (χ4n) is 2.69. The number of benzene rings is 1. The standard InChI is InChI=1S/C19H22N2O5/c1-11-6-16(26-10-17(22)23)21-12(2)18(11)19(20-3)13-7-14(24-4)9-15(8-13)25-5/h6-9H,10H2,1-5H3,(H,22,23). The molecule has 1 N–H and O–H groups in total. The molecular formula is C19H22N2O5. The van der Waals surface area contributed by atoms with Crippen molar-refractivity contribution in [1.82, 2.24) is 4.98 Å². The smallest absolute Gasteiger partial charge is 0.341 e. The maximum Gasteiger partial charge on any atom is 0.341 e. The van der Waals surface area contributed by atoms with Gasteiger partial charge in [0.15, 0.2) is 6.61 Å². The summed E-state index contributed by atoms with van der Waals surface area (Å²) < 4.78 is 15.9. The first-order valence-electron chi connectivity index (χ1n) is 7.93. The summed E-state index contributed by atoms with van der Waals surface area (Å²) in [6.07, 6.45) is 0. The van der Waals surface area contributed by atoms with E-state index in [1.807, 2.05) is 26.0 Å². The molecule has 0 saturated heterocycles. The Bertz CT molecular complexity index is 801. The van der Waals surface area contributed by atoms with Crippen LogP contribution in [0.3, 0.4) is 0 Å². The van der Waals surface area contributed by atoms with E-state index in [1.54, 1.807) is 33.4 Å². The van der Waals surface area contributed by atoms with Crippen LogP contribution in [0.4, 0.5) is 0 Å². The quantitative estimate of drug-likeness (QED) is 0.765. The maximum atomic E-state index is 10.7. The highest BCUT2D eigenvalue weighted by Gasteiger charge is 2.17. The van der Waals surface area contributed by atoms with E-state index < -0.39 is 12.6 Å². The molecule has 0 amide bonds. The Morgan fingerprint density at radius 3 is 2.19 bits per heavy atom. The predicted molar refractivity (Wildman–Crippen MR) is 98.0 cm³/mol. The van der Waals surface area contributed by atoms with Crippen LogP contribution in [-0.2, 0) is 4.79 Å². The fourth-order valence-corrected chi connectivity index (χ4v) is 2.69. The van der Waals surface area contributed by atoms with Gasteiger partial charge in [-0.1, -0.05) is 0 Å². The first kappa shape index (κ1) is 19.2. The van der Waals surface area contributed by atoms with Gasteiger partial charge in [0.05, 0.1) is 25.6 Å². The molecule has 2 aromatic rings. The van der Waals surface area contributed by atoms with E-state index in [2.05, 4.69) is 9.98 Å². The van der Waals surface area contributed by atoms with Crippen molar-refractivity contribution in [3.8, 4) is 17.4 Å². The molecule has 0 aliphatic heterocycles. The average molecular weight is 358 g/mol. The van der Waals surface area contributed by atoms with Gasteiger partial charge in [0.2, 0.25) is 5.88 Å². The number of pyridine rings is 1. The van der Waals surface area contributed by atoms with Gasteiger partial charge < -0.3 is 19.3 Å². The zero-order chi connectivity index (χ0) is 19.3. The van der Waals surface area contributed by atoms with Crippen molar-refractivity contribution >= 4 is 11.7 Å². The van der Waals surface area contributed by atoms with Crippen LogP contribution in [0.15, 0.2) is 29.3 Å². The summed E-state index contributed by atoms with van der Waals surface area (Å²) in [7, 11) is 4.89. The first-order chi connectivity index (χ1) is 12.4. The Morgan fingerprint density at radius 1 is 1.12 bits per heavy atom. The summed E-state index contributed by atoms with van der Waals surface area (Å²) in [6.45, 7) is 3.30. The number of methoxy groups -OCH3 is 2. The first-order valence-corrected chi connectivity index (χ1v) is 7.93. The minimum Gasteiger partial charge on any atom is -0.497 e. The lowest BCUT2D eigenvalue weighted by atomic mass is 9.96. The number of aromatic nitrogens is 1. The highest BCUT2D eigenvalue weighted by Crippen LogP contribution is 2.27. The van der Waals surface area contributed by atoms with Crippen LogP contribution in [0.2, 0.25) is 0 Å². The highest BCUT2D eigenvalue weighted by atomic mass is 16.5. The number of nitrogens with zero attached hydrogens (tertiary/aromatic N) is 2. The lowest BCUT2D eigenvalue weighted by Crippen LogP contribution is -2.13. The van der Waals surface area contributed by atoms with Crippen LogP contribution in [0.1, 0.15) is 22.4 Å². The van der Waals surface area contributed by atoms with E-state index in [9.17, 15) is 4.79 Å². The van der Waals surface area contributed by atoms with E-state index in [0.717, 1.165) is 22.4 Å². The summed E-state index contributed by atoms with van der Waals surface area (Å²) in [6, 6.07) is 7.24. The SMILES string of the molecule is CN=C(c1cc(OC)cc(OC)c1)c1c(C)cc(OCC(=O)O)nc1C. The molecular weight excluding hydrogens is 336 g/mol. The average Bonchev–Trinajstić information content (AvgIpc) is 2.62. The summed E-state index contributed by atoms with van der Waals surface area (Å²) in [5.41, 5.74) is 3.98. The molecule has 138 valence electrons. The van der Waals surface area contributed by atoms with E-state index in [-0.39, 0.29) is 5.88 Å². The van der Waals surface area contributed by atoms with E-state index in [4.69, 9.17) is 19.3 Å². The molecule has 0 unspecified atom stereocenters. The Hall–Kier alpha value is -3.09. The van der Waals surface area contributed by atoms with Crippen molar-refractivity contribution < 1.29 is 24.1 Å². The van der Waals surface area contributed by atoms with Gasteiger partial charge in [-0.3, -0.25) is 4.99 Å². The molecule has 0 bridgehead atoms. The lowest BCUT2D eigenvalue weighted by molar-refractivity contribution is -0.139. The van der Waals surface area contributed by atoms with Gasteiger partial charge in [0, 0.05) is 30.3 Å². The minimum absolute atomic E-state index is 0.268. The lowest BCUT2D eigenvalue weighted by Gasteiger charge is -2.15. The summed E-state index contributed by atoms with van der Waals surface area (Å²) >= 11 is 0. The second-order valence-electron chi connectivity index (χ2n) is 5.59. The fraction of sp³-hybridized carbons (Fsp3) is 0.316. The molecule has 0 spiro atoms. The molecule has 26 heavy (non-hydrogen) atoms. The summed E-state index contributed by atoms with van der Waals surface area (Å²) in [5.74, 6) is 0.533. The molecule has 1 aromatic carbocycles. The number of rotatable bonds is 7. The van der Waals surface area contributed by atoms with Gasteiger partial charge in [-0.05, 0) is 31.5 Å². The number of aliphatic imine (C=N–C) groups is 1. The van der Waals surface area contributed by atoms with Crippen molar-refractivity contribution in [2.75, 3.05) is 27.9 Å². The molecule has 0 aliphatic rings. The number of carboxylic acids is 1. The van der Waals surface area contributed by atoms with Crippen LogP contribution in [-0.4, -0.2) is 49.6 Å². The molecule has 1 aromatic heterocycles. The van der Waals surface area contributed by atoms with Gasteiger partial charge >= 0.3 is 5.97 Å². The van der Waals surface area contributed by atoms with E-state index in [0.29, 0.717) is 17.2 Å².